The number of hydrogen-bond donors (Lipinski definition) is 2. The fourth-order valence-electron chi connectivity index (χ4n) is 0.565. The summed E-state index contributed by atoms with van der Waals surface area (Å²) in [6, 6.07) is 1.65. The van der Waals surface area contributed by atoms with Crippen molar-refractivity contribution >= 4 is 11.6 Å². The van der Waals surface area contributed by atoms with Crippen LogP contribution in [0, 0.1) is 23.2 Å². The van der Waals surface area contributed by atoms with E-state index < -0.39 is 0 Å². The van der Waals surface area contributed by atoms with Crippen molar-refractivity contribution in [2.75, 3.05) is 11.5 Å². The molecule has 1 aromatic heterocycles. The first-order valence-corrected chi connectivity index (χ1v) is 3.02. The van der Waals surface area contributed by atoms with Crippen molar-refractivity contribution < 1.29 is 0 Å². The number of rotatable bonds is 0. The highest BCUT2D eigenvalue weighted by Crippen LogP contribution is 2.05. The van der Waals surface area contributed by atoms with Gasteiger partial charge in [0.15, 0.2) is 17.7 Å². The third-order valence-electron chi connectivity index (χ3n) is 1.08. The normalized spacial score (nSPS) is 7.92. The summed E-state index contributed by atoms with van der Waals surface area (Å²) >= 11 is 0. The van der Waals surface area contributed by atoms with Gasteiger partial charge in [-0.1, -0.05) is 0 Å². The van der Waals surface area contributed by atoms with Crippen LogP contribution in [0.3, 0.4) is 0 Å². The second-order valence-electron chi connectivity index (χ2n) is 1.89. The predicted molar refractivity (Wildman–Crippen MR) is 43.3 cm³/mol. The van der Waals surface area contributed by atoms with E-state index in [0.717, 1.165) is 0 Å². The topological polar surface area (TPSA) is 102 Å². The Bertz CT molecular complexity index is 392. The van der Waals surface area contributed by atoms with Crippen LogP contribution in [0.4, 0.5) is 11.6 Å². The number of nitrogens with zero attached hydrogens (tertiary/aromatic N) is 3. The third kappa shape index (κ3) is 1.61. The Morgan fingerprint density at radius 3 is 2.67 bits per heavy atom. The van der Waals surface area contributed by atoms with E-state index in [4.69, 9.17) is 16.7 Å². The summed E-state index contributed by atoms with van der Waals surface area (Å²) in [7, 11) is 0. The average molecular weight is 159 g/mol. The Morgan fingerprint density at radius 2 is 2.08 bits per heavy atom. The summed E-state index contributed by atoms with van der Waals surface area (Å²) in [4.78, 5) is 7.49. The molecule has 0 amide bonds. The molecule has 0 aliphatic rings. The van der Waals surface area contributed by atoms with Gasteiger partial charge in [-0.15, -0.1) is 0 Å². The molecule has 1 rings (SSSR count). The second-order valence-corrected chi connectivity index (χ2v) is 1.89. The van der Waals surface area contributed by atoms with Gasteiger partial charge in [0.2, 0.25) is 0 Å². The standard InChI is InChI=1S/C7H5N5/c8-3-1-2-5-4-11-6(9)7(10)12-5/h4H,(H2,9,11)(H2,10,12). The number of nitriles is 1. The van der Waals surface area contributed by atoms with Crippen molar-refractivity contribution in [3.05, 3.63) is 11.9 Å². The lowest BCUT2D eigenvalue weighted by Crippen LogP contribution is -2.01. The molecule has 0 aromatic carbocycles. The van der Waals surface area contributed by atoms with Crippen molar-refractivity contribution in [1.82, 2.24) is 9.97 Å². The molecule has 4 N–H and O–H groups in total. The fraction of sp³-hybridized carbons (Fsp3) is 0. The Hall–Kier alpha value is -2.27. The van der Waals surface area contributed by atoms with E-state index in [2.05, 4.69) is 21.8 Å². The van der Waals surface area contributed by atoms with E-state index in [1.807, 2.05) is 0 Å². The Labute approximate surface area is 69.0 Å². The number of nitrogens with two attached hydrogens (primary N) is 2. The molecular formula is C7H5N5. The maximum Gasteiger partial charge on any atom is 0.167 e. The van der Waals surface area contributed by atoms with Crippen LogP contribution in [-0.2, 0) is 0 Å². The zero-order valence-electron chi connectivity index (χ0n) is 6.07. The van der Waals surface area contributed by atoms with Crippen LogP contribution in [0.1, 0.15) is 5.69 Å². The zero-order valence-corrected chi connectivity index (χ0v) is 6.07. The lowest BCUT2D eigenvalue weighted by atomic mass is 10.4. The van der Waals surface area contributed by atoms with Crippen LogP contribution in [0.2, 0.25) is 0 Å². The molecule has 0 aliphatic heterocycles. The Kier molecular flexibility index (Phi) is 2.10. The van der Waals surface area contributed by atoms with Gasteiger partial charge in [0, 0.05) is 5.92 Å². The van der Waals surface area contributed by atoms with Crippen molar-refractivity contribution in [2.24, 2.45) is 0 Å². The summed E-state index contributed by atoms with van der Waals surface area (Å²) in [5.41, 5.74) is 11.0. The summed E-state index contributed by atoms with van der Waals surface area (Å²) in [6.45, 7) is 0. The highest BCUT2D eigenvalue weighted by Gasteiger charge is 1.96. The molecule has 0 unspecified atom stereocenters. The molecule has 5 nitrogen and oxygen atoms in total. The first-order valence-electron chi connectivity index (χ1n) is 3.02. The summed E-state index contributed by atoms with van der Waals surface area (Å²) in [5, 5.41) is 8.12. The molecule has 58 valence electrons. The average Bonchev–Trinajstić information content (AvgIpc) is 2.07. The van der Waals surface area contributed by atoms with Crippen molar-refractivity contribution in [3.8, 4) is 17.9 Å². The minimum atomic E-state index is 0.125. The molecule has 0 atom stereocenters. The molecule has 12 heavy (non-hydrogen) atoms. The van der Waals surface area contributed by atoms with E-state index >= 15 is 0 Å². The van der Waals surface area contributed by atoms with Crippen LogP contribution in [0.5, 0.6) is 0 Å². The Morgan fingerprint density at radius 1 is 1.33 bits per heavy atom. The molecule has 0 spiro atoms. The quantitative estimate of drug-likeness (QED) is 0.497. The van der Waals surface area contributed by atoms with Gasteiger partial charge in [0.25, 0.3) is 0 Å². The predicted octanol–water partition coefficient (Wildman–Crippen LogP) is -0.484. The molecule has 0 fully saturated rings. The molecule has 1 heterocycles. The van der Waals surface area contributed by atoms with Gasteiger partial charge in [0.1, 0.15) is 5.69 Å². The third-order valence-corrected chi connectivity index (χ3v) is 1.08. The number of aromatic nitrogens is 2. The largest absolute Gasteiger partial charge is 0.381 e. The van der Waals surface area contributed by atoms with E-state index in [0.29, 0.717) is 5.69 Å². The molecule has 5 heteroatoms. The van der Waals surface area contributed by atoms with Crippen LogP contribution >= 0.6 is 0 Å². The SMILES string of the molecule is N#CC#Cc1cnc(N)c(N)n1. The Balaban J connectivity index is 3.07. The molecule has 0 aliphatic carbocycles. The molecule has 0 bridgehead atoms. The molecular weight excluding hydrogens is 154 g/mol. The van der Waals surface area contributed by atoms with Gasteiger partial charge in [-0.2, -0.15) is 5.26 Å². The van der Waals surface area contributed by atoms with Gasteiger partial charge in [0.05, 0.1) is 6.20 Å². The van der Waals surface area contributed by atoms with Gasteiger partial charge in [-0.25, -0.2) is 9.97 Å². The molecule has 1 aromatic rings. The summed E-state index contributed by atoms with van der Waals surface area (Å²) < 4.78 is 0. The number of hydrogen-bond acceptors (Lipinski definition) is 5. The van der Waals surface area contributed by atoms with Crippen LogP contribution in [-0.4, -0.2) is 9.97 Å². The van der Waals surface area contributed by atoms with Crippen LogP contribution < -0.4 is 11.5 Å². The maximum atomic E-state index is 8.12. The van der Waals surface area contributed by atoms with E-state index in [1.165, 1.54) is 6.20 Å². The van der Waals surface area contributed by atoms with Gasteiger partial charge in [-0.05, 0) is 5.92 Å². The van der Waals surface area contributed by atoms with Gasteiger partial charge < -0.3 is 11.5 Å². The highest BCUT2D eigenvalue weighted by molar-refractivity contribution is 5.53. The van der Waals surface area contributed by atoms with E-state index in [1.54, 1.807) is 6.07 Å². The second kappa shape index (κ2) is 3.22. The monoisotopic (exact) mass is 159 g/mol. The van der Waals surface area contributed by atoms with Crippen molar-refractivity contribution in [1.29, 1.82) is 5.26 Å². The van der Waals surface area contributed by atoms with Crippen LogP contribution in [0.25, 0.3) is 0 Å². The lowest BCUT2D eigenvalue weighted by Gasteiger charge is -1.95. The number of nitrogen functional groups attached to an aromatic ring is 2. The highest BCUT2D eigenvalue weighted by atomic mass is 15.0. The van der Waals surface area contributed by atoms with Gasteiger partial charge >= 0.3 is 0 Å². The van der Waals surface area contributed by atoms with Gasteiger partial charge in [-0.3, -0.25) is 0 Å². The molecule has 0 radical (unpaired) electrons. The van der Waals surface area contributed by atoms with E-state index in [-0.39, 0.29) is 11.6 Å². The van der Waals surface area contributed by atoms with Crippen LogP contribution in [0.15, 0.2) is 6.20 Å². The summed E-state index contributed by atoms with van der Waals surface area (Å²) in [5.74, 6) is 4.90. The van der Waals surface area contributed by atoms with Crippen molar-refractivity contribution in [2.45, 2.75) is 0 Å². The smallest absolute Gasteiger partial charge is 0.167 e. The first kappa shape index (κ1) is 7.83. The minimum absolute atomic E-state index is 0.125. The van der Waals surface area contributed by atoms with E-state index in [9.17, 15) is 0 Å². The van der Waals surface area contributed by atoms with Crippen molar-refractivity contribution in [3.63, 3.8) is 0 Å². The summed E-state index contributed by atoms with van der Waals surface area (Å²) in [6.07, 6.45) is 1.36. The maximum absolute atomic E-state index is 8.12. The zero-order chi connectivity index (χ0) is 8.97. The molecule has 0 saturated heterocycles. The lowest BCUT2D eigenvalue weighted by molar-refractivity contribution is 1.19. The number of anilines is 2. The minimum Gasteiger partial charge on any atom is -0.381 e. The first-order chi connectivity index (χ1) is 5.74. The fourth-order valence-corrected chi connectivity index (χ4v) is 0.565. The molecule has 0 saturated carbocycles.